The predicted molar refractivity (Wildman–Crippen MR) is 67.4 cm³/mol. The van der Waals surface area contributed by atoms with Crippen LogP contribution in [-0.4, -0.2) is 34.3 Å². The summed E-state index contributed by atoms with van der Waals surface area (Å²) < 4.78 is 0.704. The first kappa shape index (κ1) is 13.7. The Labute approximate surface area is 107 Å². The zero-order chi connectivity index (χ0) is 12.7. The fraction of sp³-hybridized carbons (Fsp3) is 0.300. The number of amides is 1. The zero-order valence-corrected chi connectivity index (χ0v) is 10.6. The van der Waals surface area contributed by atoms with Gasteiger partial charge in [0.05, 0.1) is 17.9 Å². The zero-order valence-electron chi connectivity index (χ0n) is 9.01. The van der Waals surface area contributed by atoms with E-state index in [2.05, 4.69) is 16.9 Å². The number of thioether (sulfide) groups is 1. The van der Waals surface area contributed by atoms with Crippen LogP contribution in [0.3, 0.4) is 0 Å². The Morgan fingerprint density at radius 2 is 2.41 bits per heavy atom. The van der Waals surface area contributed by atoms with Gasteiger partial charge in [0.15, 0.2) is 4.34 Å². The average Bonchev–Trinajstić information content (AvgIpc) is 2.70. The van der Waals surface area contributed by atoms with Crippen molar-refractivity contribution in [1.82, 2.24) is 10.3 Å². The van der Waals surface area contributed by atoms with Crippen molar-refractivity contribution in [2.75, 3.05) is 12.3 Å². The third kappa shape index (κ3) is 5.50. The number of hydrogen-bond donors (Lipinski definition) is 2. The van der Waals surface area contributed by atoms with Crippen molar-refractivity contribution in [3.8, 4) is 0 Å². The first-order valence-corrected chi connectivity index (χ1v) is 6.65. The minimum atomic E-state index is -0.907. The molecule has 0 aliphatic carbocycles. The number of aliphatic carboxylic acids is 1. The molecule has 0 saturated heterocycles. The van der Waals surface area contributed by atoms with Gasteiger partial charge in [-0.1, -0.05) is 17.8 Å². The van der Waals surface area contributed by atoms with Crippen molar-refractivity contribution in [3.63, 3.8) is 0 Å². The summed E-state index contributed by atoms with van der Waals surface area (Å²) in [5.41, 5.74) is 0.525. The Hall–Kier alpha value is -1.34. The topological polar surface area (TPSA) is 79.3 Å². The van der Waals surface area contributed by atoms with Crippen LogP contribution in [0.15, 0.2) is 22.4 Å². The highest BCUT2D eigenvalue weighted by molar-refractivity contribution is 8.01. The summed E-state index contributed by atoms with van der Waals surface area (Å²) in [6, 6.07) is 0. The highest BCUT2D eigenvalue weighted by atomic mass is 32.2. The van der Waals surface area contributed by atoms with Crippen LogP contribution in [0, 0.1) is 0 Å². The van der Waals surface area contributed by atoms with Gasteiger partial charge in [0.25, 0.3) is 0 Å². The molecule has 0 atom stereocenters. The number of carboxylic acid groups (broad SMARTS) is 1. The van der Waals surface area contributed by atoms with Crippen molar-refractivity contribution in [3.05, 3.63) is 23.7 Å². The summed E-state index contributed by atoms with van der Waals surface area (Å²) in [5, 5.41) is 12.9. The number of aromatic nitrogens is 1. The van der Waals surface area contributed by atoms with E-state index >= 15 is 0 Å². The highest BCUT2D eigenvalue weighted by Gasteiger charge is 2.08. The molecule has 0 saturated carbocycles. The third-order valence-corrected chi connectivity index (χ3v) is 3.70. The number of thiazole rings is 1. The Balaban J connectivity index is 2.36. The minimum absolute atomic E-state index is 0.0836. The van der Waals surface area contributed by atoms with Gasteiger partial charge in [0.1, 0.15) is 0 Å². The highest BCUT2D eigenvalue weighted by Crippen LogP contribution is 2.22. The van der Waals surface area contributed by atoms with Gasteiger partial charge in [-0.25, -0.2) is 4.98 Å². The quantitative estimate of drug-likeness (QED) is 0.575. The maximum Gasteiger partial charge on any atom is 0.309 e. The number of hydrogen-bond acceptors (Lipinski definition) is 5. The largest absolute Gasteiger partial charge is 0.481 e. The van der Waals surface area contributed by atoms with Crippen molar-refractivity contribution in [2.45, 2.75) is 10.8 Å². The lowest BCUT2D eigenvalue weighted by Crippen LogP contribution is -2.24. The normalized spacial score (nSPS) is 9.88. The van der Waals surface area contributed by atoms with Gasteiger partial charge in [-0.2, -0.15) is 0 Å². The van der Waals surface area contributed by atoms with Gasteiger partial charge in [-0.3, -0.25) is 9.59 Å². The first-order chi connectivity index (χ1) is 8.11. The van der Waals surface area contributed by atoms with Gasteiger partial charge in [-0.05, 0) is 0 Å². The lowest BCUT2D eigenvalue weighted by Gasteiger charge is -1.99. The van der Waals surface area contributed by atoms with Crippen molar-refractivity contribution in [2.24, 2.45) is 0 Å². The summed E-state index contributed by atoms with van der Waals surface area (Å²) in [4.78, 5) is 25.8. The smallest absolute Gasteiger partial charge is 0.309 e. The van der Waals surface area contributed by atoms with Gasteiger partial charge < -0.3 is 10.4 Å². The van der Waals surface area contributed by atoms with Crippen LogP contribution in [0.2, 0.25) is 0 Å². The molecular weight excluding hydrogens is 260 g/mol. The van der Waals surface area contributed by atoms with Crippen LogP contribution in [0.5, 0.6) is 0 Å². The standard InChI is InChI=1S/C10H12N2O3S2/c1-2-3-11-8(13)6-17-10-12-7(5-16-10)4-9(14)15/h2,5H,1,3-4,6H2,(H,11,13)(H,14,15). The summed E-state index contributed by atoms with van der Waals surface area (Å²) in [6.07, 6.45) is 1.52. The van der Waals surface area contributed by atoms with Crippen LogP contribution in [0.1, 0.15) is 5.69 Å². The molecular formula is C10H12N2O3S2. The van der Waals surface area contributed by atoms with Gasteiger partial charge in [0.2, 0.25) is 5.91 Å². The SMILES string of the molecule is C=CCNC(=O)CSc1nc(CC(=O)O)cs1. The van der Waals surface area contributed by atoms with Gasteiger partial charge >= 0.3 is 5.97 Å². The van der Waals surface area contributed by atoms with Gasteiger partial charge in [-0.15, -0.1) is 17.9 Å². The Bertz CT molecular complexity index is 417. The van der Waals surface area contributed by atoms with Crippen LogP contribution in [0.25, 0.3) is 0 Å². The molecule has 0 spiro atoms. The molecule has 0 unspecified atom stereocenters. The number of carbonyl (C=O) groups is 2. The molecule has 5 nitrogen and oxygen atoms in total. The third-order valence-electron chi connectivity index (χ3n) is 1.63. The summed E-state index contributed by atoms with van der Waals surface area (Å²) in [6.45, 7) is 3.94. The molecule has 1 rings (SSSR count). The van der Waals surface area contributed by atoms with Crippen LogP contribution in [-0.2, 0) is 16.0 Å². The number of carbonyl (C=O) groups excluding carboxylic acids is 1. The molecule has 1 aromatic heterocycles. The molecule has 0 fully saturated rings. The lowest BCUT2D eigenvalue weighted by atomic mass is 10.3. The average molecular weight is 272 g/mol. The molecule has 17 heavy (non-hydrogen) atoms. The number of nitrogens with one attached hydrogen (secondary N) is 1. The van der Waals surface area contributed by atoms with E-state index < -0.39 is 5.97 Å². The molecule has 0 bridgehead atoms. The van der Waals surface area contributed by atoms with E-state index in [0.717, 1.165) is 0 Å². The lowest BCUT2D eigenvalue weighted by molar-refractivity contribution is -0.136. The van der Waals surface area contributed by atoms with Crippen LogP contribution in [0.4, 0.5) is 0 Å². The summed E-state index contributed by atoms with van der Waals surface area (Å²) in [7, 11) is 0. The van der Waals surface area contributed by atoms with E-state index in [4.69, 9.17) is 5.11 Å². The molecule has 1 heterocycles. The second-order valence-corrected chi connectivity index (χ2v) is 5.14. The molecule has 0 radical (unpaired) electrons. The maximum atomic E-state index is 11.3. The summed E-state index contributed by atoms with van der Waals surface area (Å²) in [5.74, 6) is -0.728. The second kappa shape index (κ2) is 7.08. The number of carboxylic acids is 1. The van der Waals surface area contributed by atoms with Crippen molar-refractivity contribution >= 4 is 35.0 Å². The Morgan fingerprint density at radius 1 is 1.65 bits per heavy atom. The fourth-order valence-electron chi connectivity index (χ4n) is 0.955. The van der Waals surface area contributed by atoms with Gasteiger partial charge in [0, 0.05) is 11.9 Å². The van der Waals surface area contributed by atoms with E-state index in [1.807, 2.05) is 0 Å². The monoisotopic (exact) mass is 272 g/mol. The van der Waals surface area contributed by atoms with E-state index in [0.29, 0.717) is 16.6 Å². The van der Waals surface area contributed by atoms with Crippen LogP contribution < -0.4 is 5.32 Å². The predicted octanol–water partition coefficient (Wildman–Crippen LogP) is 1.16. The van der Waals surface area contributed by atoms with E-state index in [1.54, 1.807) is 11.5 Å². The molecule has 1 amide bonds. The Kier molecular flexibility index (Phi) is 5.71. The van der Waals surface area contributed by atoms with Crippen molar-refractivity contribution < 1.29 is 14.7 Å². The first-order valence-electron chi connectivity index (χ1n) is 4.78. The second-order valence-electron chi connectivity index (χ2n) is 3.06. The maximum absolute atomic E-state index is 11.3. The van der Waals surface area contributed by atoms with Crippen LogP contribution >= 0.6 is 23.1 Å². The summed E-state index contributed by atoms with van der Waals surface area (Å²) >= 11 is 2.64. The van der Waals surface area contributed by atoms with E-state index in [1.165, 1.54) is 23.1 Å². The van der Waals surface area contributed by atoms with Crippen molar-refractivity contribution in [1.29, 1.82) is 0 Å². The molecule has 1 aromatic rings. The molecule has 92 valence electrons. The van der Waals surface area contributed by atoms with E-state index in [9.17, 15) is 9.59 Å². The fourth-order valence-corrected chi connectivity index (χ4v) is 2.63. The minimum Gasteiger partial charge on any atom is -0.481 e. The number of rotatable bonds is 7. The number of nitrogens with zero attached hydrogens (tertiary/aromatic N) is 1. The van der Waals surface area contributed by atoms with E-state index in [-0.39, 0.29) is 18.1 Å². The molecule has 7 heteroatoms. The molecule has 0 aliphatic rings. The Morgan fingerprint density at radius 3 is 3.06 bits per heavy atom. The molecule has 0 aromatic carbocycles. The molecule has 2 N–H and O–H groups in total. The molecule has 0 aliphatic heterocycles.